The van der Waals surface area contributed by atoms with Crippen LogP contribution in [0.2, 0.25) is 0 Å². The highest BCUT2D eigenvalue weighted by atomic mass is 17.2. The topological polar surface area (TPSA) is 78.7 Å². The van der Waals surface area contributed by atoms with Crippen LogP contribution in [-0.2, 0) is 11.5 Å². The van der Waals surface area contributed by atoms with Crippen LogP contribution in [0.3, 0.4) is 0 Å². The minimum atomic E-state index is -0.633. The van der Waals surface area contributed by atoms with Gasteiger partial charge in [-0.3, -0.25) is 14.9 Å². The quantitative estimate of drug-likeness (QED) is 0.307. The Morgan fingerprint density at radius 2 is 2.29 bits per heavy atom. The van der Waals surface area contributed by atoms with Gasteiger partial charge in [-0.25, -0.2) is 0 Å². The van der Waals surface area contributed by atoms with E-state index in [1.807, 2.05) is 0 Å². The molecule has 0 saturated carbocycles. The number of nitro benzene ring substituents is 1. The van der Waals surface area contributed by atoms with Gasteiger partial charge in [-0.15, -0.1) is 0 Å². The van der Waals surface area contributed by atoms with Gasteiger partial charge in [0.05, 0.1) is 16.6 Å². The Morgan fingerprint density at radius 1 is 1.50 bits per heavy atom. The van der Waals surface area contributed by atoms with Gasteiger partial charge >= 0.3 is 0 Å². The zero-order valence-electron chi connectivity index (χ0n) is 6.93. The minimum absolute atomic E-state index is 0.0304. The van der Waals surface area contributed by atoms with Gasteiger partial charge in [-0.2, -0.15) is 4.89 Å². The lowest BCUT2D eigenvalue weighted by molar-refractivity contribution is -0.385. The van der Waals surface area contributed by atoms with Crippen molar-refractivity contribution in [2.75, 3.05) is 0 Å². The van der Waals surface area contributed by atoms with E-state index in [2.05, 4.69) is 9.78 Å². The van der Waals surface area contributed by atoms with Gasteiger partial charge < -0.3 is 4.89 Å². The third kappa shape index (κ3) is 1.21. The number of benzene rings is 1. The molecule has 1 aliphatic rings. The fourth-order valence-corrected chi connectivity index (χ4v) is 1.23. The summed E-state index contributed by atoms with van der Waals surface area (Å²) in [5.41, 5.74) is 0.393. The van der Waals surface area contributed by atoms with Crippen molar-refractivity contribution in [3.8, 4) is 5.75 Å². The molecule has 0 N–H and O–H groups in total. The molecule has 0 atom stereocenters. The number of fused-ring (bicyclic) bond motifs is 1. The molecule has 0 aliphatic carbocycles. The van der Waals surface area contributed by atoms with Crippen molar-refractivity contribution in [2.45, 2.75) is 6.61 Å². The van der Waals surface area contributed by atoms with Crippen LogP contribution in [0.15, 0.2) is 12.1 Å². The highest BCUT2D eigenvalue weighted by Gasteiger charge is 2.22. The Labute approximate surface area is 78.1 Å². The van der Waals surface area contributed by atoms with Crippen LogP contribution in [0.1, 0.15) is 15.9 Å². The monoisotopic (exact) mass is 195 g/mol. The van der Waals surface area contributed by atoms with Gasteiger partial charge in [0.1, 0.15) is 6.61 Å². The lowest BCUT2D eigenvalue weighted by atomic mass is 10.1. The van der Waals surface area contributed by atoms with E-state index in [9.17, 15) is 14.9 Å². The summed E-state index contributed by atoms with van der Waals surface area (Å²) in [4.78, 5) is 29.7. The first kappa shape index (κ1) is 8.64. The van der Waals surface area contributed by atoms with E-state index in [4.69, 9.17) is 0 Å². The summed E-state index contributed by atoms with van der Waals surface area (Å²) < 4.78 is 0. The van der Waals surface area contributed by atoms with Crippen LogP contribution in [0.25, 0.3) is 0 Å². The van der Waals surface area contributed by atoms with Crippen molar-refractivity contribution in [2.24, 2.45) is 0 Å². The van der Waals surface area contributed by atoms with Gasteiger partial charge in [-0.05, 0) is 6.07 Å². The molecule has 6 heteroatoms. The number of hydrogen-bond donors (Lipinski definition) is 0. The molecule has 0 aromatic heterocycles. The Kier molecular flexibility index (Phi) is 1.90. The van der Waals surface area contributed by atoms with Gasteiger partial charge in [0, 0.05) is 5.56 Å². The Bertz CT molecular complexity index is 414. The maximum Gasteiger partial charge on any atom is 0.283 e. The Hall–Kier alpha value is -1.95. The molecule has 1 aliphatic heterocycles. The SMILES string of the molecule is O=Cc1cc2c(cc1[N+](=O)[O-])OOC2. The molecule has 0 amide bonds. The van der Waals surface area contributed by atoms with Crippen LogP contribution in [0, 0.1) is 10.1 Å². The van der Waals surface area contributed by atoms with Gasteiger partial charge in [0.2, 0.25) is 0 Å². The molecule has 72 valence electrons. The molecule has 0 saturated heterocycles. The largest absolute Gasteiger partial charge is 0.337 e. The van der Waals surface area contributed by atoms with E-state index in [-0.39, 0.29) is 17.9 Å². The molecule has 2 rings (SSSR count). The van der Waals surface area contributed by atoms with E-state index >= 15 is 0 Å². The predicted molar refractivity (Wildman–Crippen MR) is 43.9 cm³/mol. The average Bonchev–Trinajstić information content (AvgIpc) is 2.62. The number of carbonyl (C=O) groups excluding carboxylic acids is 1. The third-order valence-electron chi connectivity index (χ3n) is 1.90. The fraction of sp³-hybridized carbons (Fsp3) is 0.125. The number of rotatable bonds is 2. The predicted octanol–water partition coefficient (Wildman–Crippen LogP) is 1.23. The molecular weight excluding hydrogens is 190 g/mol. The molecule has 0 fully saturated rings. The van der Waals surface area contributed by atoms with Crippen molar-refractivity contribution >= 4 is 12.0 Å². The number of nitrogens with zero attached hydrogens (tertiary/aromatic N) is 1. The second kappa shape index (κ2) is 3.08. The summed E-state index contributed by atoms with van der Waals surface area (Å²) in [7, 11) is 0. The molecule has 1 aromatic carbocycles. The van der Waals surface area contributed by atoms with Crippen molar-refractivity contribution < 1.29 is 19.5 Å². The summed E-state index contributed by atoms with van der Waals surface area (Å²) in [6.45, 7) is 0.203. The minimum Gasteiger partial charge on any atom is -0.337 e. The summed E-state index contributed by atoms with van der Waals surface area (Å²) in [5.74, 6) is 0.294. The van der Waals surface area contributed by atoms with Crippen molar-refractivity contribution in [3.05, 3.63) is 33.4 Å². The maximum absolute atomic E-state index is 10.5. The zero-order valence-corrected chi connectivity index (χ0v) is 6.93. The third-order valence-corrected chi connectivity index (χ3v) is 1.90. The summed E-state index contributed by atoms with van der Waals surface area (Å²) in [6.07, 6.45) is 0.441. The van der Waals surface area contributed by atoms with Crippen LogP contribution >= 0.6 is 0 Å². The molecule has 0 spiro atoms. The number of nitro groups is 1. The van der Waals surface area contributed by atoms with E-state index in [0.717, 1.165) is 0 Å². The summed E-state index contributed by atoms with van der Waals surface area (Å²) in [6, 6.07) is 2.58. The fourth-order valence-electron chi connectivity index (χ4n) is 1.23. The molecule has 0 unspecified atom stereocenters. The van der Waals surface area contributed by atoms with Gasteiger partial charge in [0.15, 0.2) is 12.0 Å². The second-order valence-electron chi connectivity index (χ2n) is 2.74. The maximum atomic E-state index is 10.5. The van der Waals surface area contributed by atoms with Crippen molar-refractivity contribution in [3.63, 3.8) is 0 Å². The molecule has 6 nitrogen and oxygen atoms in total. The standard InChI is InChI=1S/C8H5NO5/c10-3-5-1-6-4-13-14-8(6)2-7(5)9(11)12/h1-3H,4H2. The molecule has 1 heterocycles. The van der Waals surface area contributed by atoms with Crippen molar-refractivity contribution in [1.29, 1.82) is 0 Å². The number of hydrogen-bond acceptors (Lipinski definition) is 5. The first-order valence-corrected chi connectivity index (χ1v) is 3.78. The van der Waals surface area contributed by atoms with Gasteiger partial charge in [-0.1, -0.05) is 0 Å². The van der Waals surface area contributed by atoms with Crippen LogP contribution in [0.5, 0.6) is 5.75 Å². The van der Waals surface area contributed by atoms with Crippen LogP contribution in [0.4, 0.5) is 5.69 Å². The van der Waals surface area contributed by atoms with E-state index < -0.39 is 4.92 Å². The van der Waals surface area contributed by atoms with E-state index in [1.54, 1.807) is 0 Å². The Morgan fingerprint density at radius 3 is 2.93 bits per heavy atom. The Balaban J connectivity index is 2.59. The lowest BCUT2D eigenvalue weighted by Gasteiger charge is -1.97. The van der Waals surface area contributed by atoms with E-state index in [0.29, 0.717) is 17.6 Å². The smallest absolute Gasteiger partial charge is 0.283 e. The summed E-state index contributed by atoms with van der Waals surface area (Å²) >= 11 is 0. The van der Waals surface area contributed by atoms with E-state index in [1.165, 1.54) is 12.1 Å². The average molecular weight is 195 g/mol. The zero-order chi connectivity index (χ0) is 10.1. The normalized spacial score (nSPS) is 13.1. The highest BCUT2D eigenvalue weighted by Crippen LogP contribution is 2.32. The highest BCUT2D eigenvalue weighted by molar-refractivity contribution is 5.82. The van der Waals surface area contributed by atoms with Crippen LogP contribution < -0.4 is 4.89 Å². The lowest BCUT2D eigenvalue weighted by Crippen LogP contribution is -1.95. The van der Waals surface area contributed by atoms with Crippen molar-refractivity contribution in [1.82, 2.24) is 0 Å². The first-order chi connectivity index (χ1) is 6.72. The summed E-state index contributed by atoms with van der Waals surface area (Å²) in [5, 5.41) is 10.5. The molecule has 1 aromatic rings. The van der Waals surface area contributed by atoms with Gasteiger partial charge in [0.25, 0.3) is 5.69 Å². The number of carbonyl (C=O) groups is 1. The molecular formula is C8H5NO5. The molecule has 0 radical (unpaired) electrons. The number of aldehydes is 1. The van der Waals surface area contributed by atoms with Crippen LogP contribution in [-0.4, -0.2) is 11.2 Å². The first-order valence-electron chi connectivity index (χ1n) is 3.78. The molecule has 14 heavy (non-hydrogen) atoms. The molecule has 0 bridgehead atoms. The second-order valence-corrected chi connectivity index (χ2v) is 2.74.